The van der Waals surface area contributed by atoms with Gasteiger partial charge >= 0.3 is 0 Å². The van der Waals surface area contributed by atoms with Crippen molar-refractivity contribution in [2.45, 2.75) is 12.8 Å². The van der Waals surface area contributed by atoms with Gasteiger partial charge in [0, 0.05) is 14.2 Å². The Labute approximate surface area is 38.0 Å². The van der Waals surface area contributed by atoms with Crippen LogP contribution in [0, 0.1) is 22.7 Å². The predicted octanol–water partition coefficient (Wildman–Crippen LogP) is 0.814. The van der Waals surface area contributed by atoms with Crippen LogP contribution in [0.1, 0.15) is 14.2 Å². The largest absolute Gasteiger partial charge is 0.198 e. The highest BCUT2D eigenvalue weighted by Gasteiger charge is 1.72. The van der Waals surface area contributed by atoms with E-state index in [9.17, 15) is 0 Å². The number of hydrogen-bond acceptors (Lipinski definition) is 2. The number of nitriles is 2. The van der Waals surface area contributed by atoms with Crippen molar-refractivity contribution in [1.82, 2.24) is 0 Å². The fraction of sp³-hybridized carbons (Fsp3) is 0.500. The first-order valence-corrected chi connectivity index (χ1v) is 1.50. The molecule has 6 heavy (non-hydrogen) atoms. The Hall–Kier alpha value is -1.02. The smallest absolute Gasteiger partial charge is 0.0632 e. The van der Waals surface area contributed by atoms with Crippen LogP contribution in [-0.4, -0.2) is 0 Å². The highest BCUT2D eigenvalue weighted by molar-refractivity contribution is 4.78. The van der Waals surface area contributed by atoms with Crippen molar-refractivity contribution in [1.29, 1.82) is 10.5 Å². The molecule has 0 fully saturated rings. The Morgan fingerprint density at radius 3 is 2.33 bits per heavy atom. The predicted molar refractivity (Wildman–Crippen MR) is 20.5 cm³/mol. The molecule has 0 aromatic rings. The van der Waals surface area contributed by atoms with Crippen LogP contribution in [0.25, 0.3) is 0 Å². The summed E-state index contributed by atoms with van der Waals surface area (Å²) in [6.07, 6.45) is -0.846. The molecule has 0 aromatic heterocycles. The third-order valence-corrected chi connectivity index (χ3v) is 0.285. The SMILES string of the molecule is [2H]C(C#N)CC#N. The minimum absolute atomic E-state index is 0.0104. The van der Waals surface area contributed by atoms with Crippen LogP contribution in [-0.2, 0) is 0 Å². The van der Waals surface area contributed by atoms with Crippen molar-refractivity contribution in [3.63, 3.8) is 0 Å². The van der Waals surface area contributed by atoms with Gasteiger partial charge in [0.2, 0.25) is 0 Å². The maximum Gasteiger partial charge on any atom is 0.0632 e. The maximum atomic E-state index is 7.88. The normalized spacial score (nSPS) is 13.3. The Kier molecular flexibility index (Phi) is 2.11. The van der Waals surface area contributed by atoms with Crippen LogP contribution in [0.15, 0.2) is 0 Å². The van der Waals surface area contributed by atoms with Crippen molar-refractivity contribution in [3.05, 3.63) is 0 Å². The molecular weight excluding hydrogens is 76.1 g/mol. The summed E-state index contributed by atoms with van der Waals surface area (Å²) in [5, 5.41) is 15.7. The molecule has 0 aliphatic heterocycles. The van der Waals surface area contributed by atoms with Crippen LogP contribution in [0.2, 0.25) is 0 Å². The van der Waals surface area contributed by atoms with E-state index in [1.807, 2.05) is 0 Å². The molecule has 0 aliphatic rings. The second-order valence-corrected chi connectivity index (χ2v) is 0.695. The van der Waals surface area contributed by atoms with Crippen LogP contribution >= 0.6 is 0 Å². The Bertz CT molecular complexity index is 119. The zero-order valence-electron chi connectivity index (χ0n) is 4.18. The van der Waals surface area contributed by atoms with Gasteiger partial charge < -0.3 is 0 Å². The molecule has 0 amide bonds. The molecule has 0 radical (unpaired) electrons. The average Bonchev–Trinajstić information content (AvgIpc) is 1.68. The first-order chi connectivity index (χ1) is 3.31. The first kappa shape index (κ1) is 3.18. The van der Waals surface area contributed by atoms with Gasteiger partial charge in [-0.15, -0.1) is 0 Å². The number of nitrogens with zero attached hydrogens (tertiary/aromatic N) is 2. The molecule has 0 spiro atoms. The zero-order chi connectivity index (χ0) is 5.70. The second kappa shape index (κ2) is 3.98. The van der Waals surface area contributed by atoms with Crippen molar-refractivity contribution in [2.24, 2.45) is 0 Å². The molecule has 1 unspecified atom stereocenters. The molecule has 0 bridgehead atoms. The Morgan fingerprint density at radius 2 is 2.17 bits per heavy atom. The van der Waals surface area contributed by atoms with Crippen LogP contribution in [0.5, 0.6) is 0 Å². The lowest BCUT2D eigenvalue weighted by Crippen LogP contribution is -1.58. The lowest BCUT2D eigenvalue weighted by Gasteiger charge is -1.63. The zero-order valence-corrected chi connectivity index (χ0v) is 3.18. The van der Waals surface area contributed by atoms with E-state index in [0.29, 0.717) is 0 Å². The minimum Gasteiger partial charge on any atom is -0.198 e. The van der Waals surface area contributed by atoms with Crippen molar-refractivity contribution >= 4 is 0 Å². The topological polar surface area (TPSA) is 47.6 Å². The van der Waals surface area contributed by atoms with Gasteiger partial charge in [0.15, 0.2) is 0 Å². The van der Waals surface area contributed by atoms with Crippen molar-refractivity contribution < 1.29 is 1.37 Å². The first-order valence-electron chi connectivity index (χ1n) is 2.08. The van der Waals surface area contributed by atoms with Crippen molar-refractivity contribution in [2.75, 3.05) is 0 Å². The molecule has 2 heteroatoms. The van der Waals surface area contributed by atoms with Gasteiger partial charge in [0.1, 0.15) is 0 Å². The van der Waals surface area contributed by atoms with E-state index >= 15 is 0 Å². The molecule has 2 nitrogen and oxygen atoms in total. The molecule has 0 saturated carbocycles. The molecule has 0 rings (SSSR count). The average molecular weight is 81.1 g/mol. The summed E-state index contributed by atoms with van der Waals surface area (Å²) in [6.45, 7) is 0. The summed E-state index contributed by atoms with van der Waals surface area (Å²) in [4.78, 5) is 0. The summed E-state index contributed by atoms with van der Waals surface area (Å²) in [5.41, 5.74) is 0. The molecule has 0 N–H and O–H groups in total. The third kappa shape index (κ3) is 2.98. The summed E-state index contributed by atoms with van der Waals surface area (Å²) in [5.74, 6) is 0. The monoisotopic (exact) mass is 81.0 g/mol. The molecular formula is C4H4N2. The maximum absolute atomic E-state index is 7.88. The van der Waals surface area contributed by atoms with Gasteiger partial charge in [-0.25, -0.2) is 0 Å². The fourth-order valence-electron chi connectivity index (χ4n) is 0.0913. The fourth-order valence-corrected chi connectivity index (χ4v) is 0.0913. The molecule has 0 saturated heterocycles. The summed E-state index contributed by atoms with van der Waals surface area (Å²) in [6, 6.07) is 3.32. The molecule has 0 aromatic carbocycles. The molecule has 1 atom stereocenters. The molecule has 30 valence electrons. The van der Waals surface area contributed by atoms with E-state index in [4.69, 9.17) is 11.9 Å². The van der Waals surface area contributed by atoms with E-state index in [1.165, 1.54) is 0 Å². The van der Waals surface area contributed by atoms with E-state index in [0.717, 1.165) is 0 Å². The Morgan fingerprint density at radius 1 is 1.50 bits per heavy atom. The van der Waals surface area contributed by atoms with E-state index in [2.05, 4.69) is 0 Å². The lowest BCUT2D eigenvalue weighted by atomic mass is 10.4. The van der Waals surface area contributed by atoms with Gasteiger partial charge in [0.25, 0.3) is 0 Å². The summed E-state index contributed by atoms with van der Waals surface area (Å²) >= 11 is 0. The lowest BCUT2D eigenvalue weighted by molar-refractivity contribution is 1.07. The van der Waals surface area contributed by atoms with Crippen LogP contribution in [0.4, 0.5) is 0 Å². The Balaban J connectivity index is 3.27. The molecule has 0 heterocycles. The van der Waals surface area contributed by atoms with Crippen molar-refractivity contribution in [3.8, 4) is 12.1 Å². The number of rotatable bonds is 1. The van der Waals surface area contributed by atoms with E-state index in [1.54, 1.807) is 12.1 Å². The second-order valence-electron chi connectivity index (χ2n) is 0.695. The minimum atomic E-state index is -0.856. The number of hydrogen-bond donors (Lipinski definition) is 0. The van der Waals surface area contributed by atoms with Gasteiger partial charge in [-0.3, -0.25) is 0 Å². The van der Waals surface area contributed by atoms with Crippen LogP contribution in [0.3, 0.4) is 0 Å². The van der Waals surface area contributed by atoms with Gasteiger partial charge in [-0.1, -0.05) is 0 Å². The van der Waals surface area contributed by atoms with E-state index < -0.39 is 6.40 Å². The highest BCUT2D eigenvalue weighted by atomic mass is 14.2. The van der Waals surface area contributed by atoms with Gasteiger partial charge in [0.05, 0.1) is 12.1 Å². The standard InChI is InChI=1S/C4H4N2/c5-3-1-2-4-6/h1-2H2/i1D. The quantitative estimate of drug-likeness (QED) is 0.469. The van der Waals surface area contributed by atoms with Gasteiger partial charge in [-0.2, -0.15) is 10.5 Å². The summed E-state index contributed by atoms with van der Waals surface area (Å²) in [7, 11) is 0. The van der Waals surface area contributed by atoms with Crippen LogP contribution < -0.4 is 0 Å². The highest BCUT2D eigenvalue weighted by Crippen LogP contribution is 1.78. The summed E-state index contributed by atoms with van der Waals surface area (Å²) < 4.78 is 6.64. The van der Waals surface area contributed by atoms with Gasteiger partial charge in [-0.05, 0) is 0 Å². The molecule has 0 aliphatic carbocycles. The third-order valence-electron chi connectivity index (χ3n) is 0.285. The van der Waals surface area contributed by atoms with E-state index in [-0.39, 0.29) is 6.42 Å².